The van der Waals surface area contributed by atoms with Crippen LogP contribution in [-0.2, 0) is 27.2 Å². The molecule has 6 atom stereocenters. The van der Waals surface area contributed by atoms with Crippen molar-refractivity contribution >= 4 is 33.8 Å². The first-order chi connectivity index (χ1) is 18.9. The van der Waals surface area contributed by atoms with Gasteiger partial charge in [0.05, 0.1) is 18.4 Å². The maximum absolute atomic E-state index is 13.1. The van der Waals surface area contributed by atoms with Crippen molar-refractivity contribution in [2.45, 2.75) is 50.0 Å². The molecular formula is C31H35ClN2O4S. The second-order valence-electron chi connectivity index (χ2n) is 12.1. The molecule has 2 bridgehead atoms. The quantitative estimate of drug-likeness (QED) is 0.358. The van der Waals surface area contributed by atoms with Crippen molar-refractivity contribution in [1.29, 1.82) is 0 Å². The summed E-state index contributed by atoms with van der Waals surface area (Å²) >= 11 is 6.40. The summed E-state index contributed by atoms with van der Waals surface area (Å²) in [6, 6.07) is 11.9. The maximum atomic E-state index is 13.1. The number of thiol groups is 1. The zero-order valence-corrected chi connectivity index (χ0v) is 23.9. The van der Waals surface area contributed by atoms with E-state index in [1.165, 1.54) is 17.5 Å². The van der Waals surface area contributed by atoms with Crippen LogP contribution in [0.3, 0.4) is 0 Å². The van der Waals surface area contributed by atoms with Gasteiger partial charge in [-0.1, -0.05) is 29.8 Å². The van der Waals surface area contributed by atoms with Crippen LogP contribution in [0.4, 0.5) is 5.69 Å². The number of carbonyl (C=O) groups excluding carboxylic acids is 1. The van der Waals surface area contributed by atoms with E-state index in [1.807, 2.05) is 18.2 Å². The Kier molecular flexibility index (Phi) is 6.33. The van der Waals surface area contributed by atoms with Crippen LogP contribution in [0.1, 0.15) is 53.6 Å². The number of allylic oxidation sites excluding steroid dienone is 1. The fraction of sp³-hybridized carbons (Fsp3) is 0.516. The molecule has 2 fully saturated rings. The van der Waals surface area contributed by atoms with Gasteiger partial charge in [0, 0.05) is 52.5 Å². The predicted octanol–water partition coefficient (Wildman–Crippen LogP) is 5.62. The minimum atomic E-state index is -1.94. The maximum Gasteiger partial charge on any atom is 0.284 e. The van der Waals surface area contributed by atoms with E-state index in [1.54, 1.807) is 13.2 Å². The van der Waals surface area contributed by atoms with Crippen LogP contribution in [0.15, 0.2) is 52.9 Å². The number of benzene rings is 2. The second kappa shape index (κ2) is 9.64. The molecule has 0 aromatic heterocycles. The van der Waals surface area contributed by atoms with Crippen LogP contribution < -0.4 is 9.64 Å². The van der Waals surface area contributed by atoms with E-state index in [-0.39, 0.29) is 16.9 Å². The van der Waals surface area contributed by atoms with E-state index in [4.69, 9.17) is 21.1 Å². The highest BCUT2D eigenvalue weighted by molar-refractivity contribution is 7.75. The van der Waals surface area contributed by atoms with Gasteiger partial charge in [0.25, 0.3) is 5.91 Å². The molecule has 5 aliphatic rings. The van der Waals surface area contributed by atoms with E-state index in [0.29, 0.717) is 29.8 Å². The first-order valence-electron chi connectivity index (χ1n) is 14.1. The third-order valence-corrected chi connectivity index (χ3v) is 11.1. The smallest absolute Gasteiger partial charge is 0.284 e. The highest BCUT2D eigenvalue weighted by atomic mass is 35.5. The number of ether oxygens (including phenoxy) is 2. The number of hydrogen-bond acceptors (Lipinski definition) is 5. The molecule has 39 heavy (non-hydrogen) atoms. The van der Waals surface area contributed by atoms with Gasteiger partial charge in [-0.2, -0.15) is 4.36 Å². The summed E-state index contributed by atoms with van der Waals surface area (Å²) in [5.41, 5.74) is 4.12. The van der Waals surface area contributed by atoms with Gasteiger partial charge in [-0.3, -0.25) is 9.00 Å². The number of amides is 1. The Bertz CT molecular complexity index is 1450. The zero-order chi connectivity index (χ0) is 26.8. The lowest BCUT2D eigenvalue weighted by molar-refractivity contribution is 0.0964. The first-order valence-corrected chi connectivity index (χ1v) is 15.9. The highest BCUT2D eigenvalue weighted by Gasteiger charge is 2.80. The van der Waals surface area contributed by atoms with Gasteiger partial charge in [0.15, 0.2) is 0 Å². The topological polar surface area (TPSA) is 68.2 Å². The van der Waals surface area contributed by atoms with E-state index >= 15 is 0 Å². The molecule has 2 aromatic rings. The molecule has 2 heterocycles. The molecule has 0 N–H and O–H groups in total. The lowest BCUT2D eigenvalue weighted by Gasteiger charge is -2.41. The lowest BCUT2D eigenvalue weighted by Crippen LogP contribution is -2.47. The molecule has 3 aliphatic carbocycles. The molecule has 2 aliphatic heterocycles. The largest absolute Gasteiger partial charge is 0.490 e. The fourth-order valence-corrected chi connectivity index (χ4v) is 8.68. The van der Waals surface area contributed by atoms with Gasteiger partial charge in [-0.05, 0) is 97.2 Å². The molecule has 1 amide bonds. The van der Waals surface area contributed by atoms with Crippen LogP contribution in [0, 0.1) is 17.3 Å². The van der Waals surface area contributed by atoms with Gasteiger partial charge < -0.3 is 14.4 Å². The molecule has 2 aromatic carbocycles. The summed E-state index contributed by atoms with van der Waals surface area (Å²) in [4.78, 5) is 15.5. The molecular weight excluding hydrogens is 532 g/mol. The minimum Gasteiger partial charge on any atom is -0.490 e. The Morgan fingerprint density at radius 3 is 2.92 bits per heavy atom. The van der Waals surface area contributed by atoms with E-state index in [0.717, 1.165) is 61.7 Å². The number of methoxy groups -OCH3 is 1. The number of rotatable bonds is 1. The number of hydrogen-bond donors (Lipinski definition) is 1. The van der Waals surface area contributed by atoms with Crippen molar-refractivity contribution in [1.82, 2.24) is 0 Å². The van der Waals surface area contributed by atoms with Gasteiger partial charge in [-0.15, -0.1) is 0 Å². The van der Waals surface area contributed by atoms with E-state index in [2.05, 4.69) is 33.5 Å². The number of fused-ring (bicyclic) bond motifs is 4. The first kappa shape index (κ1) is 25.6. The van der Waals surface area contributed by atoms with Crippen molar-refractivity contribution in [3.8, 4) is 5.75 Å². The van der Waals surface area contributed by atoms with Crippen LogP contribution in [-0.4, -0.2) is 48.8 Å². The monoisotopic (exact) mass is 566 g/mol. The van der Waals surface area contributed by atoms with Crippen molar-refractivity contribution in [2.75, 3.05) is 37.5 Å². The molecule has 2 unspecified atom stereocenters. The summed E-state index contributed by atoms with van der Waals surface area (Å²) in [5.74, 6) is 1.96. The van der Waals surface area contributed by atoms with Crippen molar-refractivity contribution < 1.29 is 18.5 Å². The lowest BCUT2D eigenvalue weighted by atomic mass is 9.70. The van der Waals surface area contributed by atoms with E-state index in [9.17, 15) is 9.00 Å². The third-order valence-electron chi connectivity index (χ3n) is 9.81. The van der Waals surface area contributed by atoms with Gasteiger partial charge in [0.2, 0.25) is 0 Å². The number of anilines is 1. The van der Waals surface area contributed by atoms with Crippen LogP contribution >= 0.6 is 11.6 Å². The summed E-state index contributed by atoms with van der Waals surface area (Å²) in [6.45, 7) is 2.30. The molecule has 0 saturated heterocycles. The predicted molar refractivity (Wildman–Crippen MR) is 155 cm³/mol. The number of carbonyl (C=O) groups is 1. The Balaban J connectivity index is 1.32. The average molecular weight is 567 g/mol. The third kappa shape index (κ3) is 4.41. The fourth-order valence-electron chi connectivity index (χ4n) is 7.62. The van der Waals surface area contributed by atoms with Crippen molar-refractivity contribution in [3.05, 3.63) is 70.3 Å². The van der Waals surface area contributed by atoms with Gasteiger partial charge in [-0.25, -0.2) is 0 Å². The number of aryl methyl sites for hydroxylation is 1. The molecule has 6 nitrogen and oxygen atoms in total. The van der Waals surface area contributed by atoms with Crippen LogP contribution in [0.5, 0.6) is 5.75 Å². The minimum absolute atomic E-state index is 0.0947. The normalized spacial score (nSPS) is 36.4. The number of halogens is 1. The zero-order valence-electron chi connectivity index (χ0n) is 22.3. The Labute approximate surface area is 236 Å². The highest BCUT2D eigenvalue weighted by Crippen LogP contribution is 2.81. The molecule has 8 heteroatoms. The summed E-state index contributed by atoms with van der Waals surface area (Å²) in [6.07, 6.45) is 10.3. The molecule has 2 saturated carbocycles. The van der Waals surface area contributed by atoms with Crippen LogP contribution in [0.2, 0.25) is 5.02 Å². The molecule has 2 spiro atoms. The molecule has 7 rings (SSSR count). The summed E-state index contributed by atoms with van der Waals surface area (Å²) in [7, 11) is -0.134. The van der Waals surface area contributed by atoms with Crippen molar-refractivity contribution in [2.24, 2.45) is 21.6 Å². The van der Waals surface area contributed by atoms with Crippen LogP contribution in [0.25, 0.3) is 0 Å². The standard InChI is InChI=1S/C31H35ClN2O4S/c1-37-27-7-3-2-4-13-39(36)33-29(35)21-8-11-26-25(15-21)34(18-31-16-24(31)28(27)31)17-30(19-38-26)12-5-6-20-14-22(32)9-10-23(20)30/h3,7-11,14-15,24,27-28,39H,2,4-6,12-13,16-19H2,1H3/b7-3+/t24?,27-,28-,30-,31-/m0/s1. The Hall–Kier alpha value is -2.35. The van der Waals surface area contributed by atoms with Crippen molar-refractivity contribution in [3.63, 3.8) is 0 Å². The van der Waals surface area contributed by atoms with Gasteiger partial charge >= 0.3 is 0 Å². The number of nitrogens with zero attached hydrogens (tertiary/aromatic N) is 2. The summed E-state index contributed by atoms with van der Waals surface area (Å²) < 4.78 is 29.2. The molecule has 0 radical (unpaired) electrons. The molecule has 206 valence electrons. The van der Waals surface area contributed by atoms with E-state index < -0.39 is 16.5 Å². The summed E-state index contributed by atoms with van der Waals surface area (Å²) in [5, 5.41) is 0.776. The SMILES string of the molecule is CO[C@H]1/C=C/CCC/[SH](=O)=N\C(=O)c2ccc3c(c2)N(C[C@@]2(CCCc4cc(Cl)ccc42)CO3)C[C@@]23CC2[C@@H]13. The van der Waals surface area contributed by atoms with Gasteiger partial charge in [0.1, 0.15) is 5.75 Å². The Morgan fingerprint density at radius 2 is 2.08 bits per heavy atom. The Morgan fingerprint density at radius 1 is 1.18 bits per heavy atom. The average Bonchev–Trinajstić information content (AvgIpc) is 3.80. The second-order valence-corrected chi connectivity index (χ2v) is 13.9.